The topological polar surface area (TPSA) is 15.3 Å². The second-order valence-corrected chi connectivity index (χ2v) is 7.74. The molecule has 0 amide bonds. The summed E-state index contributed by atoms with van der Waals surface area (Å²) in [7, 11) is 0. The first-order valence-electron chi connectivity index (χ1n) is 9.05. The first kappa shape index (κ1) is 16.3. The summed E-state index contributed by atoms with van der Waals surface area (Å²) >= 11 is 0. The zero-order valence-electron chi connectivity index (χ0n) is 14.2. The minimum Gasteiger partial charge on any atom is -0.314 e. The number of nitrogens with zero attached hydrogens (tertiary/aromatic N) is 1. The molecule has 1 saturated carbocycles. The van der Waals surface area contributed by atoms with Gasteiger partial charge in [-0.25, -0.2) is 0 Å². The maximum atomic E-state index is 3.82. The number of hydrogen-bond acceptors (Lipinski definition) is 2. The molecule has 5 unspecified atom stereocenters. The molecule has 0 aromatic heterocycles. The molecule has 1 N–H and O–H groups in total. The van der Waals surface area contributed by atoms with Crippen LogP contribution in [0.5, 0.6) is 0 Å². The summed E-state index contributed by atoms with van der Waals surface area (Å²) in [5, 5.41) is 3.82. The zero-order valence-corrected chi connectivity index (χ0v) is 14.2. The summed E-state index contributed by atoms with van der Waals surface area (Å²) in [6.07, 6.45) is 6.91. The van der Waals surface area contributed by atoms with Crippen LogP contribution in [0.1, 0.15) is 59.8 Å². The predicted octanol–water partition coefficient (Wildman–Crippen LogP) is 3.77. The zero-order chi connectivity index (χ0) is 14.5. The second kappa shape index (κ2) is 7.79. The van der Waals surface area contributed by atoms with E-state index in [2.05, 4.69) is 37.9 Å². The summed E-state index contributed by atoms with van der Waals surface area (Å²) in [6.45, 7) is 14.8. The highest BCUT2D eigenvalue weighted by molar-refractivity contribution is 4.87. The Labute approximate surface area is 126 Å². The van der Waals surface area contributed by atoms with Crippen molar-refractivity contribution in [2.75, 3.05) is 26.2 Å². The van der Waals surface area contributed by atoms with Gasteiger partial charge in [-0.05, 0) is 68.9 Å². The highest BCUT2D eigenvalue weighted by Crippen LogP contribution is 2.31. The van der Waals surface area contributed by atoms with Gasteiger partial charge in [0.05, 0.1) is 0 Å². The van der Waals surface area contributed by atoms with Crippen molar-refractivity contribution in [1.82, 2.24) is 10.2 Å². The van der Waals surface area contributed by atoms with Gasteiger partial charge in [0.2, 0.25) is 0 Å². The molecule has 0 bridgehead atoms. The van der Waals surface area contributed by atoms with Crippen molar-refractivity contribution in [3.63, 3.8) is 0 Å². The van der Waals surface area contributed by atoms with Crippen molar-refractivity contribution < 1.29 is 0 Å². The number of likely N-dealkylation sites (tertiary alicyclic amines) is 1. The summed E-state index contributed by atoms with van der Waals surface area (Å²) in [5.41, 5.74) is 0. The van der Waals surface area contributed by atoms with Crippen LogP contribution in [0, 0.1) is 23.7 Å². The fourth-order valence-corrected chi connectivity index (χ4v) is 4.15. The van der Waals surface area contributed by atoms with Crippen molar-refractivity contribution >= 4 is 0 Å². The highest BCUT2D eigenvalue weighted by Gasteiger charge is 2.31. The van der Waals surface area contributed by atoms with E-state index < -0.39 is 0 Å². The van der Waals surface area contributed by atoms with Crippen LogP contribution in [0.3, 0.4) is 0 Å². The van der Waals surface area contributed by atoms with Crippen LogP contribution >= 0.6 is 0 Å². The Hall–Kier alpha value is -0.0800. The Bertz CT molecular complexity index is 277. The molecule has 0 aromatic rings. The Morgan fingerprint density at radius 2 is 1.85 bits per heavy atom. The molecule has 1 saturated heterocycles. The summed E-state index contributed by atoms with van der Waals surface area (Å²) in [6, 6.07) is 0.779. The number of rotatable bonds is 5. The van der Waals surface area contributed by atoms with Crippen molar-refractivity contribution in [1.29, 1.82) is 0 Å². The lowest BCUT2D eigenvalue weighted by molar-refractivity contribution is 0.0900. The van der Waals surface area contributed by atoms with E-state index >= 15 is 0 Å². The average molecular weight is 280 g/mol. The van der Waals surface area contributed by atoms with Crippen LogP contribution in [0.15, 0.2) is 0 Å². The molecule has 2 heteroatoms. The van der Waals surface area contributed by atoms with E-state index in [1.54, 1.807) is 0 Å². The molecule has 2 rings (SSSR count). The van der Waals surface area contributed by atoms with Gasteiger partial charge in [0.25, 0.3) is 0 Å². The summed E-state index contributed by atoms with van der Waals surface area (Å²) in [5.74, 6) is 3.61. The van der Waals surface area contributed by atoms with Crippen molar-refractivity contribution in [2.24, 2.45) is 23.7 Å². The van der Waals surface area contributed by atoms with Gasteiger partial charge in [0, 0.05) is 19.1 Å². The average Bonchev–Trinajstić information content (AvgIpc) is 2.42. The van der Waals surface area contributed by atoms with Gasteiger partial charge in [-0.15, -0.1) is 0 Å². The summed E-state index contributed by atoms with van der Waals surface area (Å²) in [4.78, 5) is 2.76. The minimum atomic E-state index is 0.779. The molecule has 5 atom stereocenters. The van der Waals surface area contributed by atoms with Gasteiger partial charge in [0.15, 0.2) is 0 Å². The Morgan fingerprint density at radius 3 is 2.55 bits per heavy atom. The van der Waals surface area contributed by atoms with Gasteiger partial charge >= 0.3 is 0 Å². The Balaban J connectivity index is 1.86. The number of hydrogen-bond donors (Lipinski definition) is 1. The molecule has 0 spiro atoms. The normalized spacial score (nSPS) is 39.9. The van der Waals surface area contributed by atoms with E-state index in [0.29, 0.717) is 0 Å². The first-order valence-corrected chi connectivity index (χ1v) is 9.05. The van der Waals surface area contributed by atoms with Crippen LogP contribution in [0.4, 0.5) is 0 Å². The molecule has 0 radical (unpaired) electrons. The van der Waals surface area contributed by atoms with E-state index in [4.69, 9.17) is 0 Å². The van der Waals surface area contributed by atoms with Crippen molar-refractivity contribution in [3.05, 3.63) is 0 Å². The molecule has 0 aromatic carbocycles. The third-order valence-electron chi connectivity index (χ3n) is 5.81. The molecule has 1 aliphatic carbocycles. The molecule has 2 nitrogen and oxygen atoms in total. The van der Waals surface area contributed by atoms with E-state index in [9.17, 15) is 0 Å². The molecular weight excluding hydrogens is 244 g/mol. The Kier molecular flexibility index (Phi) is 6.35. The molecule has 2 fully saturated rings. The fourth-order valence-electron chi connectivity index (χ4n) is 4.15. The van der Waals surface area contributed by atoms with E-state index in [0.717, 1.165) is 29.7 Å². The molecule has 2 aliphatic rings. The Morgan fingerprint density at radius 1 is 1.05 bits per heavy atom. The number of nitrogens with one attached hydrogen (secondary N) is 1. The van der Waals surface area contributed by atoms with Crippen LogP contribution < -0.4 is 5.32 Å². The maximum absolute atomic E-state index is 3.82. The van der Waals surface area contributed by atoms with Crippen molar-refractivity contribution in [2.45, 2.75) is 65.8 Å². The highest BCUT2D eigenvalue weighted by atomic mass is 15.1. The molecule has 20 heavy (non-hydrogen) atoms. The lowest BCUT2D eigenvalue weighted by Crippen LogP contribution is -2.48. The van der Waals surface area contributed by atoms with Gasteiger partial charge < -0.3 is 10.2 Å². The smallest absolute Gasteiger partial charge is 0.0108 e. The van der Waals surface area contributed by atoms with Crippen LogP contribution in [0.25, 0.3) is 0 Å². The summed E-state index contributed by atoms with van der Waals surface area (Å²) < 4.78 is 0. The quantitative estimate of drug-likeness (QED) is 0.824. The monoisotopic (exact) mass is 280 g/mol. The standard InChI is InChI=1S/C18H36N2/c1-5-9-19-18-7-6-14(2)11-17(18)13-20-10-8-15(3)16(4)12-20/h14-19H,5-13H2,1-4H3. The third-order valence-corrected chi connectivity index (χ3v) is 5.81. The van der Waals surface area contributed by atoms with E-state index in [1.165, 1.54) is 58.3 Å². The van der Waals surface area contributed by atoms with E-state index in [1.807, 2.05) is 0 Å². The predicted molar refractivity (Wildman–Crippen MR) is 88.0 cm³/mol. The van der Waals surface area contributed by atoms with Crippen LogP contribution in [0.2, 0.25) is 0 Å². The van der Waals surface area contributed by atoms with Gasteiger partial charge in [0.1, 0.15) is 0 Å². The number of piperidine rings is 1. The first-order chi connectivity index (χ1) is 9.60. The lowest BCUT2D eigenvalue weighted by Gasteiger charge is -2.42. The van der Waals surface area contributed by atoms with Gasteiger partial charge in [-0.3, -0.25) is 0 Å². The van der Waals surface area contributed by atoms with Crippen molar-refractivity contribution in [3.8, 4) is 0 Å². The minimum absolute atomic E-state index is 0.779. The second-order valence-electron chi connectivity index (χ2n) is 7.74. The largest absolute Gasteiger partial charge is 0.314 e. The maximum Gasteiger partial charge on any atom is 0.0108 e. The lowest BCUT2D eigenvalue weighted by atomic mass is 9.78. The fraction of sp³-hybridized carbons (Fsp3) is 1.00. The van der Waals surface area contributed by atoms with Gasteiger partial charge in [-0.2, -0.15) is 0 Å². The molecular formula is C18H36N2. The van der Waals surface area contributed by atoms with Crippen LogP contribution in [-0.4, -0.2) is 37.1 Å². The molecule has 1 aliphatic heterocycles. The third kappa shape index (κ3) is 4.46. The van der Waals surface area contributed by atoms with E-state index in [-0.39, 0.29) is 0 Å². The van der Waals surface area contributed by atoms with Crippen LogP contribution in [-0.2, 0) is 0 Å². The molecule has 1 heterocycles. The van der Waals surface area contributed by atoms with Gasteiger partial charge in [-0.1, -0.05) is 27.7 Å². The molecule has 118 valence electrons. The SMILES string of the molecule is CCCNC1CCC(C)CC1CN1CCC(C)C(C)C1.